The van der Waals surface area contributed by atoms with Crippen LogP contribution in [0.5, 0.6) is 34.8 Å². The number of aryl methyl sites for hydroxylation is 2. The third-order valence-electron chi connectivity index (χ3n) is 27.2. The summed E-state index contributed by atoms with van der Waals surface area (Å²) < 4.78 is 136. The zero-order valence-electron chi connectivity index (χ0n) is 79.7. The number of carbonyl (C=O) groups excluding carboxylic acids is 1. The Morgan fingerprint density at radius 1 is 0.479 bits per heavy atom. The number of benzene rings is 8. The second-order valence-corrected chi connectivity index (χ2v) is 40.4. The number of hydrogen-bond acceptors (Lipinski definition) is 24. The van der Waals surface area contributed by atoms with Gasteiger partial charge in [0.1, 0.15) is 73.5 Å². The maximum Gasteiger partial charge on any atom is 0.410 e. The number of carbonyl (C=O) groups is 1. The number of phenolic OH excluding ortho intramolecular Hbond substituents is 4. The number of nitrogens with zero attached hydrogens (tertiary/aromatic N) is 13. The number of pyridine rings is 4. The van der Waals surface area contributed by atoms with Crippen LogP contribution < -0.4 is 45.4 Å². The lowest BCUT2D eigenvalue weighted by molar-refractivity contribution is 0.0427. The number of phenols is 4. The van der Waals surface area contributed by atoms with Crippen LogP contribution in [-0.2, 0) is 37.9 Å². The summed E-state index contributed by atoms with van der Waals surface area (Å²) in [6, 6.07) is 44.4. The van der Waals surface area contributed by atoms with Crippen molar-refractivity contribution in [1.82, 2.24) is 68.8 Å². The number of H-pyrrole nitrogens is 2. The van der Waals surface area contributed by atoms with E-state index < -0.39 is 64.5 Å². The fourth-order valence-electron chi connectivity index (χ4n) is 19.4. The number of nitrogens with one attached hydrogen (secondary N) is 5. The molecule has 8 aromatic heterocycles. The molecule has 144 heavy (non-hydrogen) atoms. The largest absolute Gasteiger partial charge is 0.508 e. The van der Waals surface area contributed by atoms with Crippen LogP contribution in [0.25, 0.3) is 100 Å². The van der Waals surface area contributed by atoms with Crippen molar-refractivity contribution in [2.45, 2.75) is 139 Å². The number of aromatic amines is 2. The van der Waals surface area contributed by atoms with Gasteiger partial charge in [0.15, 0.2) is 11.6 Å². The molecular formula is C105H108F4N18O15S2. The van der Waals surface area contributed by atoms with Crippen LogP contribution in [0.15, 0.2) is 226 Å². The SMILES string of the molecule is CC(C)c1cc(-c2n[nH]c(=O)n2-c2ccc3c(ccn3CCC3CCNCC3)c2)c(O)cc1O.COc1ncc(-c2ccc3nccc(N4CCC(O)CC4)c3c2)cc1NS(=O)(=O)c1ccc(F)cc1F.COc1ncc(-c2ccc3nccc(N4CCC(OC(=O)N5CCC(CCn6ccc7cc(-n8c(-c9cc(C(C)C)c(O)cc9O)n[nH]c8=O)ccc76)CC5)CC4)c3c2)cc1NS(=O)(=O)c1ccc(F)cc1F. The molecule has 0 spiro atoms. The van der Waals surface area contributed by atoms with E-state index in [0.29, 0.717) is 126 Å². The minimum absolute atomic E-state index is 0.000232. The van der Waals surface area contributed by atoms with Gasteiger partial charge in [-0.25, -0.2) is 78.1 Å². The van der Waals surface area contributed by atoms with Crippen molar-refractivity contribution in [3.05, 3.63) is 262 Å². The number of aliphatic hydroxyl groups is 1. The Bertz CT molecular complexity index is 7880. The molecule has 0 saturated carbocycles. The van der Waals surface area contributed by atoms with Crippen LogP contribution in [0.2, 0.25) is 0 Å². The summed E-state index contributed by atoms with van der Waals surface area (Å²) in [5.74, 6) is -2.87. The van der Waals surface area contributed by atoms with Gasteiger partial charge in [-0.3, -0.25) is 19.4 Å². The third-order valence-corrected chi connectivity index (χ3v) is 30.0. The van der Waals surface area contributed by atoms with E-state index in [2.05, 4.69) is 86.3 Å². The van der Waals surface area contributed by atoms with Gasteiger partial charge in [0.25, 0.3) is 20.0 Å². The van der Waals surface area contributed by atoms with Crippen LogP contribution >= 0.6 is 0 Å². The van der Waals surface area contributed by atoms with Gasteiger partial charge in [0.05, 0.1) is 53.9 Å². The number of piperidine rings is 4. The van der Waals surface area contributed by atoms with Crippen molar-refractivity contribution in [2.24, 2.45) is 11.8 Å². The van der Waals surface area contributed by atoms with Gasteiger partial charge in [0.2, 0.25) is 11.8 Å². The fourth-order valence-corrected chi connectivity index (χ4v) is 21.6. The summed E-state index contributed by atoms with van der Waals surface area (Å²) in [7, 11) is -6.22. The molecule has 4 fully saturated rings. The molecule has 16 aromatic rings. The Morgan fingerprint density at radius 2 is 0.917 bits per heavy atom. The number of halogens is 4. The van der Waals surface area contributed by atoms with E-state index in [1.807, 2.05) is 130 Å². The minimum Gasteiger partial charge on any atom is -0.508 e. The summed E-state index contributed by atoms with van der Waals surface area (Å²) in [4.78, 5) is 61.7. The van der Waals surface area contributed by atoms with Crippen LogP contribution in [0.3, 0.4) is 0 Å². The van der Waals surface area contributed by atoms with Crippen LogP contribution in [0.1, 0.15) is 115 Å². The Balaban J connectivity index is 0.000000160. The smallest absolute Gasteiger partial charge is 0.410 e. The summed E-state index contributed by atoms with van der Waals surface area (Å²) in [6.07, 6.45) is 18.8. The maximum atomic E-state index is 14.5. The highest BCUT2D eigenvalue weighted by molar-refractivity contribution is 7.93. The molecule has 748 valence electrons. The lowest BCUT2D eigenvalue weighted by Crippen LogP contribution is -2.43. The lowest BCUT2D eigenvalue weighted by atomic mass is 9.94. The first-order valence-electron chi connectivity index (χ1n) is 47.6. The summed E-state index contributed by atoms with van der Waals surface area (Å²) >= 11 is 0. The molecule has 12 heterocycles. The highest BCUT2D eigenvalue weighted by Crippen LogP contribution is 2.44. The molecule has 10 N–H and O–H groups in total. The molecule has 1 amide bonds. The highest BCUT2D eigenvalue weighted by Gasteiger charge is 2.33. The lowest BCUT2D eigenvalue weighted by Gasteiger charge is -2.36. The number of aromatic hydroxyl groups is 4. The number of amides is 1. The van der Waals surface area contributed by atoms with Gasteiger partial charge in [0, 0.05) is 182 Å². The number of anilines is 4. The average Bonchev–Trinajstić information content (AvgIpc) is 1.35. The van der Waals surface area contributed by atoms with E-state index in [0.717, 1.165) is 156 Å². The molecule has 8 aromatic carbocycles. The third kappa shape index (κ3) is 21.3. The van der Waals surface area contributed by atoms with Crippen molar-refractivity contribution in [3.63, 3.8) is 0 Å². The van der Waals surface area contributed by atoms with E-state index in [1.165, 1.54) is 54.4 Å². The first kappa shape index (κ1) is 98.8. The summed E-state index contributed by atoms with van der Waals surface area (Å²) in [5.41, 5.74) is 10.6. The molecule has 33 nitrogen and oxygen atoms in total. The Labute approximate surface area is 825 Å². The maximum absolute atomic E-state index is 14.5. The number of fused-ring (bicyclic) bond motifs is 4. The number of aromatic nitrogens is 12. The first-order valence-corrected chi connectivity index (χ1v) is 50.6. The van der Waals surface area contributed by atoms with Crippen molar-refractivity contribution < 1.29 is 78.9 Å². The van der Waals surface area contributed by atoms with Gasteiger partial charge in [-0.2, -0.15) is 10.2 Å². The van der Waals surface area contributed by atoms with Gasteiger partial charge < -0.3 is 68.9 Å². The van der Waals surface area contributed by atoms with Crippen molar-refractivity contribution in [2.75, 3.05) is 85.8 Å². The molecule has 39 heteroatoms. The number of aliphatic hydroxyl groups excluding tert-OH is 1. The van der Waals surface area contributed by atoms with Gasteiger partial charge in [-0.1, -0.05) is 39.8 Å². The van der Waals surface area contributed by atoms with E-state index in [9.17, 15) is 74.3 Å². The highest BCUT2D eigenvalue weighted by atomic mass is 32.2. The molecule has 0 radical (unpaired) electrons. The molecule has 0 atom stereocenters. The average molecular weight is 2000 g/mol. The number of sulfonamides is 2. The molecule has 0 aliphatic carbocycles. The normalized spacial score (nSPS) is 14.8. The molecule has 0 unspecified atom stereocenters. The molecule has 20 rings (SSSR count). The van der Waals surface area contributed by atoms with Crippen molar-refractivity contribution in [1.29, 1.82) is 0 Å². The number of methoxy groups -OCH3 is 2. The van der Waals surface area contributed by atoms with E-state index >= 15 is 0 Å². The van der Waals surface area contributed by atoms with Crippen LogP contribution in [0.4, 0.5) is 45.1 Å². The summed E-state index contributed by atoms with van der Waals surface area (Å²) in [5, 5.41) is 72.4. The minimum atomic E-state index is -4.48. The number of rotatable bonds is 25. The quantitative estimate of drug-likeness (QED) is 0.0238. The van der Waals surface area contributed by atoms with Crippen molar-refractivity contribution >= 4 is 92.5 Å². The second-order valence-electron chi connectivity index (χ2n) is 37.1. The van der Waals surface area contributed by atoms with Crippen molar-refractivity contribution in [3.8, 4) is 91.2 Å². The summed E-state index contributed by atoms with van der Waals surface area (Å²) in [6.45, 7) is 15.7. The Morgan fingerprint density at radius 3 is 1.35 bits per heavy atom. The molecular weight excluding hydrogens is 1890 g/mol. The number of hydrogen-bond donors (Lipinski definition) is 10. The predicted molar refractivity (Wildman–Crippen MR) is 541 cm³/mol. The zero-order valence-corrected chi connectivity index (χ0v) is 81.3. The van der Waals surface area contributed by atoms with E-state index in [4.69, 9.17) is 14.2 Å². The molecule has 0 bridgehead atoms. The van der Waals surface area contributed by atoms with E-state index in [1.54, 1.807) is 43.0 Å². The first-order chi connectivity index (χ1) is 69.3. The molecule has 4 aliphatic rings. The van der Waals surface area contributed by atoms with E-state index in [-0.39, 0.29) is 82.1 Å². The standard InChI is InChI=1S/C53H53F2N9O8S.C26H24F2N4O4S.C26H31N5O3/c1-31(2)39-28-41(48(66)29-47(39)65)50-58-59-52(67)64(50)37-6-8-45-34(24-37)14-21-61(45)18-11-32-12-19-63(20-13-32)53(68)72-38-15-22-62(23-16-38)46-10-17-56-43-7-4-33(25-40(43)46)35-26-44(51(71-3)57-30-35)60-73(69,70)49-9-5-36(54)27-42(49)55;1-36-26-23(31-37(34,35)25-5-3-18(27)14-21(25)28)13-17(15-30-26)16-2-4-22-20(12-16)24(6-9-29-22)32-10-7-19(33)8-11-32;1-16(2)20-14-21(24(33)15-23(20)32)25-28-29-26(34)31(25)19-3-4-22-18(13-19)8-12-30(22)11-7-17-5-9-27-10-6-17/h4-10,14,17,21,24-32,38,60,65-66H,11-13,15-16,18-20,22-23H2,1-3H3,(H,59,67);2-6,9,12-15,19,31,33H,7-8,10-11H2,1H3;3-4,8,12-17,27,32-33H,5-7,9-11H2,1-2H3,(H,29,34). The Kier molecular flexibility index (Phi) is 28.9. The molecule has 4 saturated heterocycles. The number of ether oxygens (including phenoxy) is 3. The monoisotopic (exact) mass is 2000 g/mol. The number of likely N-dealkylation sites (tertiary alicyclic amines) is 1. The van der Waals surface area contributed by atoms with Gasteiger partial charge >= 0.3 is 17.5 Å². The van der Waals surface area contributed by atoms with Gasteiger partial charge in [-0.05, 0) is 244 Å². The fraction of sp³-hybridized carbons (Fsp3) is 0.305. The van der Waals surface area contributed by atoms with Crippen LogP contribution in [-0.4, -0.2) is 191 Å². The predicted octanol–water partition coefficient (Wildman–Crippen LogP) is 17.8. The second kappa shape index (κ2) is 42.1. The Hall–Kier alpha value is -15.4. The topological polar surface area (TPSA) is 423 Å². The molecule has 4 aliphatic heterocycles. The zero-order chi connectivity index (χ0) is 101. The van der Waals surface area contributed by atoms with Gasteiger partial charge in [-0.15, -0.1) is 0 Å². The van der Waals surface area contributed by atoms with Crippen LogP contribution in [0, 0.1) is 35.1 Å².